The second-order valence-corrected chi connectivity index (χ2v) is 5.33. The summed E-state index contributed by atoms with van der Waals surface area (Å²) in [7, 11) is 3.17. The molecular weight excluding hydrogens is 276 g/mol. The van der Waals surface area contributed by atoms with Gasteiger partial charge in [-0.2, -0.15) is 0 Å². The topological polar surface area (TPSA) is 35.5 Å². The number of ketones is 1. The smallest absolute Gasteiger partial charge is 0.194 e. The normalized spacial score (nSPS) is 12.2. The first-order chi connectivity index (χ1) is 10.7. The lowest BCUT2D eigenvalue weighted by molar-refractivity contribution is 0.104. The Morgan fingerprint density at radius 2 is 1.14 bits per heavy atom. The summed E-state index contributed by atoms with van der Waals surface area (Å²) in [6.07, 6.45) is 0. The molecule has 0 atom stereocenters. The molecule has 0 saturated heterocycles. The predicted molar refractivity (Wildman–Crippen MR) is 85.9 cm³/mol. The number of carbonyl (C=O) groups excluding carboxylic acids is 1. The lowest BCUT2D eigenvalue weighted by atomic mass is 10.0. The first kappa shape index (κ1) is 12.9. The van der Waals surface area contributed by atoms with Crippen molar-refractivity contribution in [2.45, 2.75) is 0 Å². The maximum atomic E-state index is 12.7. The Morgan fingerprint density at radius 1 is 0.682 bits per heavy atom. The fourth-order valence-corrected chi connectivity index (χ4v) is 3.09. The van der Waals surface area contributed by atoms with Gasteiger partial charge in [-0.15, -0.1) is 0 Å². The average Bonchev–Trinajstić information content (AvgIpc) is 2.83. The van der Waals surface area contributed by atoms with E-state index in [2.05, 4.69) is 12.1 Å². The van der Waals surface area contributed by atoms with Gasteiger partial charge >= 0.3 is 0 Å². The maximum Gasteiger partial charge on any atom is 0.194 e. The van der Waals surface area contributed by atoms with Gasteiger partial charge in [0.15, 0.2) is 17.3 Å². The van der Waals surface area contributed by atoms with Crippen LogP contribution in [0.4, 0.5) is 0 Å². The van der Waals surface area contributed by atoms with Crippen LogP contribution in [-0.4, -0.2) is 20.0 Å². The molecular formula is C19H14O3. The second kappa shape index (κ2) is 4.60. The zero-order chi connectivity index (χ0) is 15.3. The third kappa shape index (κ3) is 1.65. The number of rotatable bonds is 2. The van der Waals surface area contributed by atoms with Crippen molar-refractivity contribution in [2.75, 3.05) is 14.2 Å². The van der Waals surface area contributed by atoms with Gasteiger partial charge in [-0.05, 0) is 46.2 Å². The molecule has 3 aromatic carbocycles. The van der Waals surface area contributed by atoms with Crippen molar-refractivity contribution < 1.29 is 14.3 Å². The summed E-state index contributed by atoms with van der Waals surface area (Å²) in [6, 6.07) is 15.7. The molecule has 0 unspecified atom stereocenters. The summed E-state index contributed by atoms with van der Waals surface area (Å²) in [5, 5.41) is 2.19. The molecule has 3 heteroatoms. The van der Waals surface area contributed by atoms with Gasteiger partial charge < -0.3 is 9.47 Å². The van der Waals surface area contributed by atoms with Gasteiger partial charge in [0.2, 0.25) is 0 Å². The van der Waals surface area contributed by atoms with Crippen LogP contribution in [0, 0.1) is 0 Å². The number of carbonyl (C=O) groups is 1. The zero-order valence-electron chi connectivity index (χ0n) is 12.3. The van der Waals surface area contributed by atoms with Gasteiger partial charge in [-0.1, -0.05) is 24.3 Å². The summed E-state index contributed by atoms with van der Waals surface area (Å²) in [6.45, 7) is 0. The van der Waals surface area contributed by atoms with Crippen LogP contribution in [0.2, 0.25) is 0 Å². The molecule has 22 heavy (non-hydrogen) atoms. The van der Waals surface area contributed by atoms with Crippen molar-refractivity contribution >= 4 is 16.6 Å². The van der Waals surface area contributed by atoms with Crippen LogP contribution in [0.5, 0.6) is 11.5 Å². The average molecular weight is 290 g/mol. The molecule has 0 aliphatic heterocycles. The van der Waals surface area contributed by atoms with E-state index in [1.54, 1.807) is 20.3 Å². The molecule has 4 rings (SSSR count). The molecule has 0 amide bonds. The molecule has 1 aliphatic rings. The first-order valence-electron chi connectivity index (χ1n) is 7.07. The molecule has 0 fully saturated rings. The Morgan fingerprint density at radius 3 is 1.73 bits per heavy atom. The molecule has 1 aliphatic carbocycles. The van der Waals surface area contributed by atoms with Crippen molar-refractivity contribution in [3.8, 4) is 22.6 Å². The molecule has 0 radical (unpaired) electrons. The molecule has 0 aromatic heterocycles. The van der Waals surface area contributed by atoms with E-state index in [1.165, 1.54) is 0 Å². The Bertz CT molecular complexity index is 925. The number of methoxy groups -OCH3 is 2. The molecule has 0 bridgehead atoms. The Hall–Kier alpha value is -2.81. The number of hydrogen-bond acceptors (Lipinski definition) is 3. The minimum atomic E-state index is 0.0386. The van der Waals surface area contributed by atoms with Crippen LogP contribution in [-0.2, 0) is 0 Å². The van der Waals surface area contributed by atoms with Crippen LogP contribution in [0.25, 0.3) is 21.9 Å². The van der Waals surface area contributed by atoms with Crippen LogP contribution in [0.1, 0.15) is 15.9 Å². The van der Waals surface area contributed by atoms with E-state index in [0.29, 0.717) is 17.1 Å². The van der Waals surface area contributed by atoms with E-state index >= 15 is 0 Å². The maximum absolute atomic E-state index is 12.7. The third-order valence-electron chi connectivity index (χ3n) is 4.19. The van der Waals surface area contributed by atoms with Crippen molar-refractivity contribution in [1.29, 1.82) is 0 Å². The lowest BCUT2D eigenvalue weighted by Crippen LogP contribution is -1.97. The van der Waals surface area contributed by atoms with Crippen molar-refractivity contribution in [1.82, 2.24) is 0 Å². The molecule has 0 N–H and O–H groups in total. The highest BCUT2D eigenvalue weighted by molar-refractivity contribution is 6.23. The fourth-order valence-electron chi connectivity index (χ4n) is 3.09. The molecule has 0 spiro atoms. The number of hydrogen-bond donors (Lipinski definition) is 0. The number of fused-ring (bicyclic) bond motifs is 4. The second-order valence-electron chi connectivity index (χ2n) is 5.33. The van der Waals surface area contributed by atoms with Crippen LogP contribution < -0.4 is 9.47 Å². The summed E-state index contributed by atoms with van der Waals surface area (Å²) in [5.41, 5.74) is 3.27. The first-order valence-corrected chi connectivity index (χ1v) is 7.07. The molecule has 3 aromatic rings. The summed E-state index contributed by atoms with van der Waals surface area (Å²) in [4.78, 5) is 12.7. The standard InChI is InChI=1S/C19H14O3/c1-21-17-9-14-13-7-11-5-3-4-6-12(11)8-15(13)19(20)16(14)10-18(17)22-2/h3-10H,1-2H3. The Balaban J connectivity index is 2.03. The fraction of sp³-hybridized carbons (Fsp3) is 0.105. The highest BCUT2D eigenvalue weighted by atomic mass is 16.5. The monoisotopic (exact) mass is 290 g/mol. The van der Waals surface area contributed by atoms with Crippen molar-refractivity contribution in [3.05, 3.63) is 59.7 Å². The van der Waals surface area contributed by atoms with E-state index in [-0.39, 0.29) is 5.78 Å². The summed E-state index contributed by atoms with van der Waals surface area (Å²) in [5.74, 6) is 1.25. The molecule has 3 nitrogen and oxygen atoms in total. The van der Waals surface area contributed by atoms with Crippen LogP contribution in [0.3, 0.4) is 0 Å². The quantitative estimate of drug-likeness (QED) is 0.558. The van der Waals surface area contributed by atoms with E-state index in [9.17, 15) is 4.79 Å². The lowest BCUT2D eigenvalue weighted by Gasteiger charge is -2.10. The van der Waals surface area contributed by atoms with Gasteiger partial charge in [0.05, 0.1) is 14.2 Å². The predicted octanol–water partition coefficient (Wildman–Crippen LogP) is 4.07. The summed E-state index contributed by atoms with van der Waals surface area (Å²) < 4.78 is 10.7. The van der Waals surface area contributed by atoms with Gasteiger partial charge in [0.25, 0.3) is 0 Å². The zero-order valence-corrected chi connectivity index (χ0v) is 12.3. The van der Waals surface area contributed by atoms with Crippen molar-refractivity contribution in [2.24, 2.45) is 0 Å². The minimum absolute atomic E-state index is 0.0386. The van der Waals surface area contributed by atoms with E-state index in [1.807, 2.05) is 30.3 Å². The highest BCUT2D eigenvalue weighted by Gasteiger charge is 2.29. The SMILES string of the molecule is COc1cc2c(cc1OC)-c1cc3ccccc3cc1C2=O. The van der Waals surface area contributed by atoms with Crippen molar-refractivity contribution in [3.63, 3.8) is 0 Å². The number of ether oxygens (including phenoxy) is 2. The Kier molecular flexibility index (Phi) is 2.70. The molecule has 108 valence electrons. The van der Waals surface area contributed by atoms with Crippen LogP contribution >= 0.6 is 0 Å². The third-order valence-corrected chi connectivity index (χ3v) is 4.19. The van der Waals surface area contributed by atoms with Gasteiger partial charge in [-0.25, -0.2) is 0 Å². The molecule has 0 heterocycles. The molecule has 0 saturated carbocycles. The Labute approximate surface area is 128 Å². The summed E-state index contributed by atoms with van der Waals surface area (Å²) >= 11 is 0. The number of benzene rings is 3. The minimum Gasteiger partial charge on any atom is -0.493 e. The van der Waals surface area contributed by atoms with E-state index in [0.717, 1.165) is 27.5 Å². The van der Waals surface area contributed by atoms with Gasteiger partial charge in [0.1, 0.15) is 0 Å². The van der Waals surface area contributed by atoms with Crippen LogP contribution in [0.15, 0.2) is 48.5 Å². The van der Waals surface area contributed by atoms with E-state index in [4.69, 9.17) is 9.47 Å². The van der Waals surface area contributed by atoms with E-state index < -0.39 is 0 Å². The largest absolute Gasteiger partial charge is 0.493 e. The highest BCUT2D eigenvalue weighted by Crippen LogP contribution is 2.43. The van der Waals surface area contributed by atoms with Gasteiger partial charge in [-0.3, -0.25) is 4.79 Å². The van der Waals surface area contributed by atoms with Gasteiger partial charge in [0, 0.05) is 11.1 Å².